The third kappa shape index (κ3) is 7.55. The van der Waals surface area contributed by atoms with E-state index in [0.29, 0.717) is 29.3 Å². The number of alkyl halides is 2. The number of hydrogen-bond acceptors (Lipinski definition) is 5. The first-order chi connectivity index (χ1) is 18.2. The highest BCUT2D eigenvalue weighted by molar-refractivity contribution is 5.94. The fourth-order valence-corrected chi connectivity index (χ4v) is 3.76. The van der Waals surface area contributed by atoms with Gasteiger partial charge in [0, 0.05) is 48.6 Å². The van der Waals surface area contributed by atoms with Crippen LogP contribution in [0.25, 0.3) is 16.8 Å². The lowest BCUT2D eigenvalue weighted by atomic mass is 10.0. The molecule has 2 heterocycles. The summed E-state index contributed by atoms with van der Waals surface area (Å²) >= 11 is 0. The molecular formula is C28H33F3N6O. The Morgan fingerprint density at radius 1 is 1.11 bits per heavy atom. The molecule has 0 fully saturated rings. The van der Waals surface area contributed by atoms with Crippen LogP contribution < -0.4 is 10.6 Å². The summed E-state index contributed by atoms with van der Waals surface area (Å²) < 4.78 is 38.0. The molecule has 7 nitrogen and oxygen atoms in total. The maximum Gasteiger partial charge on any atom is 0.251 e. The van der Waals surface area contributed by atoms with E-state index in [1.807, 2.05) is 31.3 Å². The lowest BCUT2D eigenvalue weighted by molar-refractivity contribution is 0.0963. The zero-order valence-corrected chi connectivity index (χ0v) is 22.0. The fraction of sp³-hybridized carbons (Fsp3) is 0.321. The van der Waals surface area contributed by atoms with E-state index < -0.39 is 6.43 Å². The molecule has 2 aromatic carbocycles. The van der Waals surface area contributed by atoms with E-state index in [1.165, 1.54) is 6.92 Å². The number of amides is 1. The molecule has 0 aliphatic heterocycles. The Bertz CT molecular complexity index is 1340. The lowest BCUT2D eigenvalue weighted by Gasteiger charge is -2.16. The van der Waals surface area contributed by atoms with Gasteiger partial charge in [-0.3, -0.25) is 4.79 Å². The van der Waals surface area contributed by atoms with Crippen LogP contribution in [-0.2, 0) is 6.54 Å². The molecule has 0 spiro atoms. The molecule has 0 aliphatic carbocycles. The number of aromatic nitrogens is 3. The average molecular weight is 527 g/mol. The molecule has 0 saturated heterocycles. The molecule has 0 radical (unpaired) electrons. The van der Waals surface area contributed by atoms with Crippen molar-refractivity contribution in [3.8, 4) is 11.1 Å². The Hall–Kier alpha value is -3.92. The molecule has 0 atom stereocenters. The second-order valence-electron chi connectivity index (χ2n) is 8.75. The van der Waals surface area contributed by atoms with E-state index in [4.69, 9.17) is 0 Å². The Morgan fingerprint density at radius 2 is 1.82 bits per heavy atom. The van der Waals surface area contributed by atoms with Gasteiger partial charge >= 0.3 is 0 Å². The highest BCUT2D eigenvalue weighted by Crippen LogP contribution is 2.27. The topological polar surface area (TPSA) is 74.6 Å². The first-order valence-electron chi connectivity index (χ1n) is 12.5. The van der Waals surface area contributed by atoms with Crippen molar-refractivity contribution in [3.63, 3.8) is 0 Å². The monoisotopic (exact) mass is 526 g/mol. The van der Waals surface area contributed by atoms with Crippen molar-refractivity contribution in [2.75, 3.05) is 26.0 Å². The fourth-order valence-electron chi connectivity index (χ4n) is 3.76. The molecule has 2 N–H and O–H groups in total. The quantitative estimate of drug-likeness (QED) is 0.274. The van der Waals surface area contributed by atoms with Gasteiger partial charge in [-0.2, -0.15) is 4.98 Å². The number of benzene rings is 2. The summed E-state index contributed by atoms with van der Waals surface area (Å²) in [7, 11) is 3.59. The molecule has 4 aromatic rings. The van der Waals surface area contributed by atoms with Crippen LogP contribution in [0.15, 0.2) is 60.8 Å². The van der Waals surface area contributed by atoms with E-state index in [2.05, 4.69) is 32.5 Å². The van der Waals surface area contributed by atoms with Crippen LogP contribution in [0, 0.1) is 5.82 Å². The van der Waals surface area contributed by atoms with E-state index >= 15 is 0 Å². The number of carbonyl (C=O) groups is 1. The van der Waals surface area contributed by atoms with Crippen LogP contribution in [0.5, 0.6) is 0 Å². The normalized spacial score (nSPS) is 11.0. The summed E-state index contributed by atoms with van der Waals surface area (Å²) in [6.07, 6.45) is 0.686. The van der Waals surface area contributed by atoms with Gasteiger partial charge in [0.15, 0.2) is 5.65 Å². The second kappa shape index (κ2) is 13.6. The van der Waals surface area contributed by atoms with Crippen molar-refractivity contribution in [2.45, 2.75) is 39.7 Å². The third-order valence-electron chi connectivity index (χ3n) is 5.71. The number of rotatable bonds is 9. The molecule has 38 heavy (non-hydrogen) atoms. The molecular weight excluding hydrogens is 493 g/mol. The summed E-state index contributed by atoms with van der Waals surface area (Å²) in [6.45, 7) is 5.05. The van der Waals surface area contributed by atoms with Crippen LogP contribution in [0.2, 0.25) is 0 Å². The number of halogens is 3. The number of carbonyl (C=O) groups excluding carboxylic acids is 1. The van der Waals surface area contributed by atoms with Crippen LogP contribution in [-0.4, -0.2) is 52.5 Å². The summed E-state index contributed by atoms with van der Waals surface area (Å²) in [5.41, 5.74) is 4.16. The van der Waals surface area contributed by atoms with Gasteiger partial charge in [0.2, 0.25) is 12.4 Å². The largest absolute Gasteiger partial charge is 0.355 e. The molecule has 0 saturated carbocycles. The van der Waals surface area contributed by atoms with Gasteiger partial charge in [0.05, 0.1) is 0 Å². The van der Waals surface area contributed by atoms with E-state index in [9.17, 15) is 18.0 Å². The van der Waals surface area contributed by atoms with Crippen molar-refractivity contribution >= 4 is 23.2 Å². The Kier molecular flexibility index (Phi) is 10.2. The minimum Gasteiger partial charge on any atom is -0.355 e. The van der Waals surface area contributed by atoms with E-state index in [1.54, 1.807) is 48.1 Å². The Balaban J connectivity index is 0.000000732. The zero-order valence-electron chi connectivity index (χ0n) is 22.0. The lowest BCUT2D eigenvalue weighted by Crippen LogP contribution is -2.19. The number of hydrogen-bond donors (Lipinski definition) is 2. The van der Waals surface area contributed by atoms with Crippen LogP contribution in [0.1, 0.15) is 42.6 Å². The van der Waals surface area contributed by atoms with Crippen molar-refractivity contribution in [1.29, 1.82) is 0 Å². The van der Waals surface area contributed by atoms with Gasteiger partial charge in [-0.1, -0.05) is 26.0 Å². The molecule has 202 valence electrons. The molecule has 0 bridgehead atoms. The maximum absolute atomic E-state index is 14.8. The number of anilines is 2. The van der Waals surface area contributed by atoms with Gasteiger partial charge < -0.3 is 15.5 Å². The number of nitrogens with zero attached hydrogens (tertiary/aromatic N) is 4. The highest BCUT2D eigenvalue weighted by Gasteiger charge is 2.13. The predicted molar refractivity (Wildman–Crippen MR) is 144 cm³/mol. The highest BCUT2D eigenvalue weighted by atomic mass is 19.3. The van der Waals surface area contributed by atoms with Gasteiger partial charge in [-0.25, -0.2) is 17.7 Å². The van der Waals surface area contributed by atoms with Gasteiger partial charge in [-0.05, 0) is 68.0 Å². The minimum atomic E-state index is -2.12. The number of nitrogens with one attached hydrogen (secondary N) is 2. The Labute approximate surface area is 220 Å². The average Bonchev–Trinajstić information content (AvgIpc) is 3.33. The summed E-state index contributed by atoms with van der Waals surface area (Å²) in [4.78, 5) is 18.4. The molecule has 1 amide bonds. The number of fused-ring (bicyclic) bond motifs is 1. The zero-order chi connectivity index (χ0) is 27.7. The smallest absolute Gasteiger partial charge is 0.251 e. The minimum absolute atomic E-state index is 0.0278. The van der Waals surface area contributed by atoms with Crippen molar-refractivity contribution in [2.24, 2.45) is 0 Å². The van der Waals surface area contributed by atoms with Crippen molar-refractivity contribution < 1.29 is 18.0 Å². The van der Waals surface area contributed by atoms with Crippen molar-refractivity contribution in [1.82, 2.24) is 24.8 Å². The molecule has 0 unspecified atom stereocenters. The van der Waals surface area contributed by atoms with Crippen molar-refractivity contribution in [3.05, 3.63) is 77.7 Å². The van der Waals surface area contributed by atoms with E-state index in [-0.39, 0.29) is 18.1 Å². The molecule has 2 aromatic heterocycles. The van der Waals surface area contributed by atoms with Gasteiger partial charge in [0.1, 0.15) is 5.82 Å². The van der Waals surface area contributed by atoms with Gasteiger partial charge in [0.25, 0.3) is 5.91 Å². The number of pyridine rings is 1. The maximum atomic E-state index is 14.8. The van der Waals surface area contributed by atoms with Gasteiger partial charge in [-0.15, -0.1) is 5.10 Å². The Morgan fingerprint density at radius 3 is 2.42 bits per heavy atom. The standard InChI is InChI=1S/C25H27FN6O.C3H6F2/c1-4-13-31(3)16-19-8-7-18(15-22(19)26)21-6-5-14-32-23(21)29-25(30-32)28-20-11-9-17(10-12-20)24(33)27-2;1-2-3(4)5/h5-12,14-15H,4,13,16H2,1-3H3,(H,27,33)(H,28,30);3H,2H2,1H3. The molecule has 10 heteroatoms. The second-order valence-corrected chi connectivity index (χ2v) is 8.75. The molecule has 4 rings (SSSR count). The summed E-state index contributed by atoms with van der Waals surface area (Å²) in [6, 6.07) is 16.1. The summed E-state index contributed by atoms with van der Waals surface area (Å²) in [5.74, 6) is 0.0345. The third-order valence-corrected chi connectivity index (χ3v) is 5.71. The van der Waals surface area contributed by atoms with Crippen LogP contribution >= 0.6 is 0 Å². The predicted octanol–water partition coefficient (Wildman–Crippen LogP) is 6.14. The van der Waals surface area contributed by atoms with Crippen LogP contribution in [0.3, 0.4) is 0 Å². The summed E-state index contributed by atoms with van der Waals surface area (Å²) in [5, 5.41) is 10.2. The first kappa shape index (κ1) is 28.6. The van der Waals surface area contributed by atoms with E-state index in [0.717, 1.165) is 29.8 Å². The molecule has 0 aliphatic rings. The first-order valence-corrected chi connectivity index (χ1v) is 12.5. The SMILES string of the molecule is CCC(F)F.CCCN(C)Cc1ccc(-c2cccn3nc(Nc4ccc(C(=O)NC)cc4)nc23)cc1F. The van der Waals surface area contributed by atoms with Crippen LogP contribution in [0.4, 0.5) is 24.8 Å².